The van der Waals surface area contributed by atoms with E-state index in [4.69, 9.17) is 0 Å². The Labute approximate surface area is 147 Å². The SMILES string of the molecule is CC(=O)N(C)c1ccc(NC(=O)[C@H]2CC(C)=C(C)C[C@@H]2C(=O)[O-])cc1. The van der Waals surface area contributed by atoms with Crippen molar-refractivity contribution in [2.75, 3.05) is 17.3 Å². The van der Waals surface area contributed by atoms with Gasteiger partial charge in [-0.05, 0) is 51.0 Å². The summed E-state index contributed by atoms with van der Waals surface area (Å²) < 4.78 is 0. The van der Waals surface area contributed by atoms with E-state index in [1.54, 1.807) is 31.3 Å². The number of carbonyl (C=O) groups excluding carboxylic acids is 3. The van der Waals surface area contributed by atoms with Crippen molar-refractivity contribution in [2.45, 2.75) is 33.6 Å². The summed E-state index contributed by atoms with van der Waals surface area (Å²) in [5.41, 5.74) is 3.34. The number of hydrogen-bond donors (Lipinski definition) is 1. The zero-order valence-corrected chi connectivity index (χ0v) is 15.0. The van der Waals surface area contributed by atoms with Crippen LogP contribution in [0.5, 0.6) is 0 Å². The third-order valence-corrected chi connectivity index (χ3v) is 4.90. The zero-order valence-electron chi connectivity index (χ0n) is 15.0. The van der Waals surface area contributed by atoms with Crippen molar-refractivity contribution in [3.8, 4) is 0 Å². The van der Waals surface area contributed by atoms with Gasteiger partial charge in [-0.1, -0.05) is 11.1 Å². The van der Waals surface area contributed by atoms with E-state index in [2.05, 4.69) is 5.32 Å². The number of amides is 2. The van der Waals surface area contributed by atoms with Crippen molar-refractivity contribution < 1.29 is 19.5 Å². The fourth-order valence-electron chi connectivity index (χ4n) is 3.00. The number of carboxylic acids is 1. The summed E-state index contributed by atoms with van der Waals surface area (Å²) >= 11 is 0. The lowest BCUT2D eigenvalue weighted by Gasteiger charge is -2.32. The van der Waals surface area contributed by atoms with Gasteiger partial charge in [0.25, 0.3) is 0 Å². The summed E-state index contributed by atoms with van der Waals surface area (Å²) in [6.07, 6.45) is 0.760. The summed E-state index contributed by atoms with van der Waals surface area (Å²) in [5.74, 6) is -3.06. The number of nitrogens with zero attached hydrogens (tertiary/aromatic N) is 1. The van der Waals surface area contributed by atoms with Crippen LogP contribution in [0, 0.1) is 11.8 Å². The molecule has 0 radical (unpaired) electrons. The topological polar surface area (TPSA) is 89.5 Å². The third-order valence-electron chi connectivity index (χ3n) is 4.90. The van der Waals surface area contributed by atoms with E-state index in [9.17, 15) is 19.5 Å². The Morgan fingerprint density at radius 2 is 1.56 bits per heavy atom. The molecule has 25 heavy (non-hydrogen) atoms. The number of allylic oxidation sites excluding steroid dienone is 2. The number of rotatable bonds is 4. The molecule has 1 aliphatic rings. The largest absolute Gasteiger partial charge is 0.550 e. The smallest absolute Gasteiger partial charge is 0.228 e. The predicted molar refractivity (Wildman–Crippen MR) is 93.8 cm³/mol. The Hall–Kier alpha value is -2.63. The first-order chi connectivity index (χ1) is 11.7. The van der Waals surface area contributed by atoms with Crippen molar-refractivity contribution in [3.63, 3.8) is 0 Å². The highest BCUT2D eigenvalue weighted by atomic mass is 16.4. The van der Waals surface area contributed by atoms with E-state index < -0.39 is 17.8 Å². The number of aliphatic carboxylic acids is 1. The number of carbonyl (C=O) groups is 3. The molecule has 2 atom stereocenters. The molecule has 0 heterocycles. The Kier molecular flexibility index (Phi) is 5.62. The monoisotopic (exact) mass is 343 g/mol. The predicted octanol–water partition coefficient (Wildman–Crippen LogP) is 1.72. The standard InChI is InChI=1S/C19H24N2O4/c1-11-9-16(17(19(24)25)10-12(11)2)18(23)20-14-5-7-15(8-6-14)21(4)13(3)22/h5-8,16-17H,9-10H2,1-4H3,(H,20,23)(H,24,25)/p-1/t16-,17-/m0/s1. The minimum absolute atomic E-state index is 0.0894. The number of carboxylic acid groups (broad SMARTS) is 1. The van der Waals surface area contributed by atoms with E-state index in [1.807, 2.05) is 13.8 Å². The summed E-state index contributed by atoms with van der Waals surface area (Å²) in [6.45, 7) is 5.29. The van der Waals surface area contributed by atoms with E-state index >= 15 is 0 Å². The molecule has 6 nitrogen and oxygen atoms in total. The average Bonchev–Trinajstić information content (AvgIpc) is 2.56. The van der Waals surface area contributed by atoms with Crippen molar-refractivity contribution in [2.24, 2.45) is 11.8 Å². The molecule has 0 aromatic heterocycles. The van der Waals surface area contributed by atoms with Crippen LogP contribution < -0.4 is 15.3 Å². The number of nitrogens with one attached hydrogen (secondary N) is 1. The number of benzene rings is 1. The van der Waals surface area contributed by atoms with Crippen LogP contribution >= 0.6 is 0 Å². The van der Waals surface area contributed by atoms with Crippen molar-refractivity contribution in [3.05, 3.63) is 35.4 Å². The Morgan fingerprint density at radius 3 is 2.04 bits per heavy atom. The molecule has 0 saturated carbocycles. The van der Waals surface area contributed by atoms with Crippen molar-refractivity contribution in [1.29, 1.82) is 0 Å². The van der Waals surface area contributed by atoms with Crippen LogP contribution in [0.25, 0.3) is 0 Å². The maximum Gasteiger partial charge on any atom is 0.228 e. The van der Waals surface area contributed by atoms with Crippen LogP contribution in [0.1, 0.15) is 33.6 Å². The first-order valence-electron chi connectivity index (χ1n) is 8.22. The van der Waals surface area contributed by atoms with Gasteiger partial charge in [-0.25, -0.2) is 0 Å². The zero-order chi connectivity index (χ0) is 18.7. The van der Waals surface area contributed by atoms with Gasteiger partial charge in [0.1, 0.15) is 0 Å². The summed E-state index contributed by atoms with van der Waals surface area (Å²) in [6, 6.07) is 6.84. The highest BCUT2D eigenvalue weighted by molar-refractivity contribution is 5.96. The molecule has 1 aromatic rings. The van der Waals surface area contributed by atoms with Gasteiger partial charge in [0.15, 0.2) is 0 Å². The second-order valence-electron chi connectivity index (χ2n) is 6.62. The molecule has 1 N–H and O–H groups in total. The molecule has 0 bridgehead atoms. The molecule has 0 aliphatic heterocycles. The first-order valence-corrected chi connectivity index (χ1v) is 8.22. The van der Waals surface area contributed by atoms with Gasteiger partial charge in [0.2, 0.25) is 11.8 Å². The summed E-state index contributed by atoms with van der Waals surface area (Å²) in [7, 11) is 1.67. The van der Waals surface area contributed by atoms with Gasteiger partial charge in [0, 0.05) is 37.2 Å². The van der Waals surface area contributed by atoms with Crippen LogP contribution in [0.2, 0.25) is 0 Å². The molecule has 0 unspecified atom stereocenters. The average molecular weight is 343 g/mol. The van der Waals surface area contributed by atoms with Crippen LogP contribution in [0.3, 0.4) is 0 Å². The minimum Gasteiger partial charge on any atom is -0.550 e. The third kappa shape index (κ3) is 4.26. The lowest BCUT2D eigenvalue weighted by molar-refractivity contribution is -0.313. The maximum atomic E-state index is 12.6. The Bertz CT molecular complexity index is 721. The van der Waals surface area contributed by atoms with Gasteiger partial charge in [-0.15, -0.1) is 0 Å². The van der Waals surface area contributed by atoms with E-state index in [0.717, 1.165) is 11.1 Å². The Morgan fingerprint density at radius 1 is 1.04 bits per heavy atom. The van der Waals surface area contributed by atoms with E-state index in [0.29, 0.717) is 24.2 Å². The molecule has 6 heteroatoms. The van der Waals surface area contributed by atoms with Crippen LogP contribution in [0.4, 0.5) is 11.4 Å². The Balaban J connectivity index is 2.13. The summed E-state index contributed by atoms with van der Waals surface area (Å²) in [5, 5.41) is 14.2. The fraction of sp³-hybridized carbons (Fsp3) is 0.421. The van der Waals surface area contributed by atoms with Crippen LogP contribution in [-0.4, -0.2) is 24.8 Å². The highest BCUT2D eigenvalue weighted by Gasteiger charge is 2.33. The molecular formula is C19H23N2O4-. The molecule has 0 fully saturated rings. The van der Waals surface area contributed by atoms with Gasteiger partial charge in [-0.2, -0.15) is 0 Å². The molecule has 0 saturated heterocycles. The van der Waals surface area contributed by atoms with Crippen LogP contribution in [-0.2, 0) is 14.4 Å². The normalized spacial score (nSPS) is 20.2. The fourth-order valence-corrected chi connectivity index (χ4v) is 3.00. The quantitative estimate of drug-likeness (QED) is 0.843. The molecule has 0 spiro atoms. The number of hydrogen-bond acceptors (Lipinski definition) is 4. The van der Waals surface area contributed by atoms with Gasteiger partial charge >= 0.3 is 0 Å². The van der Waals surface area contributed by atoms with Gasteiger partial charge in [-0.3, -0.25) is 9.59 Å². The van der Waals surface area contributed by atoms with Crippen LogP contribution in [0.15, 0.2) is 35.4 Å². The first kappa shape index (κ1) is 18.7. The van der Waals surface area contributed by atoms with Gasteiger partial charge in [0.05, 0.1) is 5.92 Å². The van der Waals surface area contributed by atoms with E-state index in [-0.39, 0.29) is 11.8 Å². The maximum absolute atomic E-state index is 12.6. The lowest BCUT2D eigenvalue weighted by atomic mass is 9.76. The van der Waals surface area contributed by atoms with Crippen molar-refractivity contribution in [1.82, 2.24) is 0 Å². The van der Waals surface area contributed by atoms with E-state index in [1.165, 1.54) is 11.8 Å². The molecule has 2 amide bonds. The molecule has 1 aliphatic carbocycles. The van der Waals surface area contributed by atoms with Crippen molar-refractivity contribution >= 4 is 29.2 Å². The summed E-state index contributed by atoms with van der Waals surface area (Å²) in [4.78, 5) is 36.8. The molecule has 1 aromatic carbocycles. The molecule has 134 valence electrons. The second-order valence-corrected chi connectivity index (χ2v) is 6.62. The van der Waals surface area contributed by atoms with Gasteiger partial charge < -0.3 is 20.1 Å². The lowest BCUT2D eigenvalue weighted by Crippen LogP contribution is -2.42. The minimum atomic E-state index is -1.19. The highest BCUT2D eigenvalue weighted by Crippen LogP contribution is 2.34. The molecule has 2 rings (SSSR count). The number of anilines is 2. The molecular weight excluding hydrogens is 320 g/mol. The second kappa shape index (κ2) is 7.51.